The molecule has 0 aliphatic carbocycles. The Kier molecular flexibility index (Phi) is 8.07. The van der Waals surface area contributed by atoms with Gasteiger partial charge in [-0.05, 0) is 74.6 Å². The number of ether oxygens (including phenoxy) is 2. The highest BCUT2D eigenvalue weighted by Crippen LogP contribution is 2.36. The molecule has 162 valence electrons. The van der Waals surface area contributed by atoms with E-state index in [4.69, 9.17) is 9.47 Å². The van der Waals surface area contributed by atoms with Gasteiger partial charge in [-0.1, -0.05) is 46.8 Å². The topological polar surface area (TPSA) is 59.9 Å². The molecule has 0 heterocycles. The van der Waals surface area contributed by atoms with Crippen LogP contribution in [-0.4, -0.2) is 25.8 Å². The molecule has 0 saturated carbocycles. The lowest BCUT2D eigenvalue weighted by Crippen LogP contribution is -2.25. The monoisotopic (exact) mass is 474 g/mol. The molecule has 0 saturated heterocycles. The van der Waals surface area contributed by atoms with Crippen LogP contribution in [0, 0.1) is 5.41 Å². The Labute approximate surface area is 188 Å². The van der Waals surface area contributed by atoms with Crippen molar-refractivity contribution in [3.8, 4) is 11.5 Å². The average Bonchev–Trinajstić information content (AvgIpc) is 2.65. The van der Waals surface area contributed by atoms with E-state index in [1.54, 1.807) is 13.3 Å². The highest BCUT2D eigenvalue weighted by Gasteiger charge is 2.27. The van der Waals surface area contributed by atoms with Crippen molar-refractivity contribution in [1.29, 1.82) is 0 Å². The lowest BCUT2D eigenvalue weighted by Gasteiger charge is -2.33. The van der Waals surface area contributed by atoms with Gasteiger partial charge < -0.3 is 9.47 Å². The molecule has 0 spiro atoms. The third-order valence-electron chi connectivity index (χ3n) is 4.56. The maximum atomic E-state index is 12.0. The van der Waals surface area contributed by atoms with Crippen LogP contribution in [0.2, 0.25) is 0 Å². The van der Waals surface area contributed by atoms with Crippen LogP contribution in [0.25, 0.3) is 0 Å². The number of hydrazone groups is 1. The predicted octanol–water partition coefficient (Wildman–Crippen LogP) is 5.70. The number of carbonyl (C=O) groups excluding carboxylic acids is 1. The van der Waals surface area contributed by atoms with E-state index in [2.05, 4.69) is 73.2 Å². The Morgan fingerprint density at radius 3 is 2.33 bits per heavy atom. The first-order valence-corrected chi connectivity index (χ1v) is 10.7. The quantitative estimate of drug-likeness (QED) is 0.394. The number of methoxy groups -OCH3 is 1. The first-order valence-electron chi connectivity index (χ1n) is 9.89. The van der Waals surface area contributed by atoms with E-state index in [1.807, 2.05) is 30.3 Å². The van der Waals surface area contributed by atoms with Crippen molar-refractivity contribution in [1.82, 2.24) is 5.43 Å². The molecular formula is C24H31BrN2O3. The van der Waals surface area contributed by atoms with E-state index in [0.717, 1.165) is 22.2 Å². The highest BCUT2D eigenvalue weighted by molar-refractivity contribution is 9.10. The summed E-state index contributed by atoms with van der Waals surface area (Å²) in [5, 5.41) is 3.96. The second kappa shape index (κ2) is 10.1. The molecule has 6 heteroatoms. The summed E-state index contributed by atoms with van der Waals surface area (Å²) < 4.78 is 11.6. The molecule has 0 aliphatic rings. The van der Waals surface area contributed by atoms with Gasteiger partial charge in [0, 0.05) is 0 Å². The molecule has 0 atom stereocenters. The summed E-state index contributed by atoms with van der Waals surface area (Å²) >= 11 is 3.42. The third kappa shape index (κ3) is 7.48. The van der Waals surface area contributed by atoms with E-state index < -0.39 is 0 Å². The SMILES string of the molecule is COc1ccc(/C=N/NC(=O)COc2ccc(C(C)(C)CC(C)(C)C)cc2)cc1Br. The largest absolute Gasteiger partial charge is 0.496 e. The summed E-state index contributed by atoms with van der Waals surface area (Å²) in [7, 11) is 1.61. The Morgan fingerprint density at radius 2 is 1.77 bits per heavy atom. The third-order valence-corrected chi connectivity index (χ3v) is 5.18. The van der Waals surface area contributed by atoms with Crippen molar-refractivity contribution in [3.05, 3.63) is 58.1 Å². The summed E-state index contributed by atoms with van der Waals surface area (Å²) in [5.74, 6) is 1.07. The molecule has 0 aliphatic heterocycles. The summed E-state index contributed by atoms with van der Waals surface area (Å²) in [6.45, 7) is 11.2. The van der Waals surface area contributed by atoms with Crippen LogP contribution in [0.4, 0.5) is 0 Å². The van der Waals surface area contributed by atoms with Crippen LogP contribution < -0.4 is 14.9 Å². The number of hydrogen-bond acceptors (Lipinski definition) is 4. The first-order chi connectivity index (χ1) is 14.0. The number of benzene rings is 2. The van der Waals surface area contributed by atoms with E-state index >= 15 is 0 Å². The summed E-state index contributed by atoms with van der Waals surface area (Å²) in [6.07, 6.45) is 2.64. The molecule has 0 radical (unpaired) electrons. The van der Waals surface area contributed by atoms with Crippen molar-refractivity contribution < 1.29 is 14.3 Å². The number of rotatable bonds is 8. The van der Waals surface area contributed by atoms with Gasteiger partial charge >= 0.3 is 0 Å². The molecule has 2 rings (SSSR count). The highest BCUT2D eigenvalue weighted by atomic mass is 79.9. The fourth-order valence-electron chi connectivity index (χ4n) is 3.55. The van der Waals surface area contributed by atoms with Gasteiger partial charge in [-0.2, -0.15) is 5.10 Å². The van der Waals surface area contributed by atoms with E-state index in [-0.39, 0.29) is 23.3 Å². The second-order valence-corrected chi connectivity index (χ2v) is 9.98. The predicted molar refractivity (Wildman–Crippen MR) is 125 cm³/mol. The number of halogens is 1. The average molecular weight is 475 g/mol. The molecule has 1 amide bonds. The zero-order chi connectivity index (χ0) is 22.4. The smallest absolute Gasteiger partial charge is 0.277 e. The van der Waals surface area contributed by atoms with Crippen LogP contribution in [0.1, 0.15) is 52.2 Å². The summed E-state index contributed by atoms with van der Waals surface area (Å²) in [5.41, 5.74) is 4.87. The van der Waals surface area contributed by atoms with Gasteiger partial charge in [0.2, 0.25) is 0 Å². The van der Waals surface area contributed by atoms with Crippen molar-refractivity contribution in [3.63, 3.8) is 0 Å². The summed E-state index contributed by atoms with van der Waals surface area (Å²) in [4.78, 5) is 12.0. The number of nitrogens with one attached hydrogen (secondary N) is 1. The minimum atomic E-state index is -0.323. The fourth-order valence-corrected chi connectivity index (χ4v) is 4.11. The molecule has 1 N–H and O–H groups in total. The molecule has 5 nitrogen and oxygen atoms in total. The Balaban J connectivity index is 1.85. The van der Waals surface area contributed by atoms with Crippen molar-refractivity contribution in [2.24, 2.45) is 10.5 Å². The number of amides is 1. The van der Waals surface area contributed by atoms with Crippen LogP contribution in [-0.2, 0) is 10.2 Å². The lowest BCUT2D eigenvalue weighted by molar-refractivity contribution is -0.123. The van der Waals surface area contributed by atoms with Gasteiger partial charge in [0.15, 0.2) is 6.61 Å². The molecular weight excluding hydrogens is 444 g/mol. The van der Waals surface area contributed by atoms with Gasteiger partial charge in [-0.3, -0.25) is 4.79 Å². The zero-order valence-corrected chi connectivity index (χ0v) is 20.2. The van der Waals surface area contributed by atoms with Crippen LogP contribution in [0.3, 0.4) is 0 Å². The maximum absolute atomic E-state index is 12.0. The van der Waals surface area contributed by atoms with Gasteiger partial charge in [0.25, 0.3) is 5.91 Å². The fraction of sp³-hybridized carbons (Fsp3) is 0.417. The first kappa shape index (κ1) is 23.9. The van der Waals surface area contributed by atoms with Gasteiger partial charge in [-0.25, -0.2) is 5.43 Å². The van der Waals surface area contributed by atoms with Crippen molar-refractivity contribution in [2.75, 3.05) is 13.7 Å². The van der Waals surface area contributed by atoms with Crippen LogP contribution in [0.5, 0.6) is 11.5 Å². The number of carbonyl (C=O) groups is 1. The Morgan fingerprint density at radius 1 is 1.10 bits per heavy atom. The molecule has 0 unspecified atom stereocenters. The molecule has 0 bridgehead atoms. The van der Waals surface area contributed by atoms with Gasteiger partial charge in [0.1, 0.15) is 11.5 Å². The lowest BCUT2D eigenvalue weighted by atomic mass is 9.72. The van der Waals surface area contributed by atoms with Crippen LogP contribution >= 0.6 is 15.9 Å². The van der Waals surface area contributed by atoms with Gasteiger partial charge in [0.05, 0.1) is 17.8 Å². The Hall–Kier alpha value is -2.34. The normalized spacial score (nSPS) is 12.1. The van der Waals surface area contributed by atoms with E-state index in [0.29, 0.717) is 5.75 Å². The minimum Gasteiger partial charge on any atom is -0.496 e. The minimum absolute atomic E-state index is 0.0688. The standard InChI is InChI=1S/C24H31BrN2O3/c1-23(2,3)16-24(4,5)18-8-10-19(11-9-18)30-15-22(28)27-26-14-17-7-12-21(29-6)20(25)13-17/h7-14H,15-16H2,1-6H3,(H,27,28)/b26-14+. The second-order valence-electron chi connectivity index (χ2n) is 9.12. The van der Waals surface area contributed by atoms with Gasteiger partial charge in [-0.15, -0.1) is 0 Å². The number of nitrogens with zero attached hydrogens (tertiary/aromatic N) is 1. The number of hydrogen-bond donors (Lipinski definition) is 1. The summed E-state index contributed by atoms with van der Waals surface area (Å²) in [6, 6.07) is 13.5. The maximum Gasteiger partial charge on any atom is 0.277 e. The Bertz CT molecular complexity index is 884. The van der Waals surface area contributed by atoms with E-state index in [1.165, 1.54) is 5.56 Å². The molecule has 0 aromatic heterocycles. The molecule has 0 fully saturated rings. The van der Waals surface area contributed by atoms with E-state index in [9.17, 15) is 4.79 Å². The molecule has 2 aromatic rings. The van der Waals surface area contributed by atoms with Crippen molar-refractivity contribution in [2.45, 2.75) is 46.5 Å². The molecule has 2 aromatic carbocycles. The van der Waals surface area contributed by atoms with Crippen molar-refractivity contribution >= 4 is 28.1 Å². The molecule has 30 heavy (non-hydrogen) atoms. The van der Waals surface area contributed by atoms with Crippen LogP contribution in [0.15, 0.2) is 52.0 Å². The zero-order valence-electron chi connectivity index (χ0n) is 18.6.